The van der Waals surface area contributed by atoms with Gasteiger partial charge >= 0.3 is 18.3 Å². The summed E-state index contributed by atoms with van der Waals surface area (Å²) in [4.78, 5) is 61.9. The summed E-state index contributed by atoms with van der Waals surface area (Å²) in [7, 11) is 0. The van der Waals surface area contributed by atoms with Crippen molar-refractivity contribution in [2.45, 2.75) is 111 Å². The van der Waals surface area contributed by atoms with Crippen molar-refractivity contribution < 1.29 is 33.4 Å². The van der Waals surface area contributed by atoms with Crippen LogP contribution in [0, 0.1) is 0 Å². The molecule has 0 N–H and O–H groups in total. The lowest BCUT2D eigenvalue weighted by Gasteiger charge is -2.33. The van der Waals surface area contributed by atoms with Crippen molar-refractivity contribution in [3.05, 3.63) is 93.7 Å². The molecule has 11 nitrogen and oxygen atoms in total. The van der Waals surface area contributed by atoms with E-state index in [1.807, 2.05) is 69.3 Å². The molecular formula is C40H51BrN4O7. The zero-order chi connectivity index (χ0) is 38.4. The van der Waals surface area contributed by atoms with Gasteiger partial charge < -0.3 is 19.1 Å². The van der Waals surface area contributed by atoms with Gasteiger partial charge in [0.05, 0.1) is 30.5 Å². The first-order valence-electron chi connectivity index (χ1n) is 17.5. The number of benzene rings is 2. The minimum atomic E-state index is -0.792. The summed E-state index contributed by atoms with van der Waals surface area (Å²) in [6.07, 6.45) is 2.43. The quantitative estimate of drug-likeness (QED) is 0.218. The molecule has 280 valence electrons. The zero-order valence-corrected chi connectivity index (χ0v) is 33.3. The van der Waals surface area contributed by atoms with Gasteiger partial charge in [-0.15, -0.1) is 0 Å². The van der Waals surface area contributed by atoms with Crippen molar-refractivity contribution in [1.82, 2.24) is 14.8 Å². The highest BCUT2D eigenvalue weighted by atomic mass is 79.9. The van der Waals surface area contributed by atoms with Crippen LogP contribution < -0.4 is 4.90 Å². The Labute approximate surface area is 315 Å². The van der Waals surface area contributed by atoms with Crippen LogP contribution in [0.15, 0.2) is 71.5 Å². The Bertz CT molecular complexity index is 1710. The molecule has 0 aliphatic carbocycles. The van der Waals surface area contributed by atoms with Crippen molar-refractivity contribution in [2.24, 2.45) is 0 Å². The second kappa shape index (κ2) is 16.5. The van der Waals surface area contributed by atoms with E-state index in [0.717, 1.165) is 38.9 Å². The molecule has 4 rings (SSSR count). The van der Waals surface area contributed by atoms with E-state index < -0.39 is 35.1 Å². The fourth-order valence-electron chi connectivity index (χ4n) is 5.61. The number of aromatic nitrogens is 1. The van der Waals surface area contributed by atoms with Crippen LogP contribution in [0.5, 0.6) is 0 Å². The molecular weight excluding hydrogens is 728 g/mol. The average molecular weight is 780 g/mol. The molecule has 1 aliphatic heterocycles. The third-order valence-corrected chi connectivity index (χ3v) is 8.45. The molecule has 0 radical (unpaired) electrons. The minimum absolute atomic E-state index is 0.0134. The number of hydrogen-bond acceptors (Lipinski definition) is 8. The lowest BCUT2D eigenvalue weighted by molar-refractivity contribution is -0.000316. The molecule has 12 heteroatoms. The van der Waals surface area contributed by atoms with E-state index in [1.165, 1.54) is 11.1 Å². The fraction of sp³-hybridized carbons (Fsp3) is 0.475. The van der Waals surface area contributed by atoms with E-state index in [1.54, 1.807) is 58.7 Å². The van der Waals surface area contributed by atoms with E-state index in [2.05, 4.69) is 20.9 Å². The molecule has 52 heavy (non-hydrogen) atoms. The molecule has 0 atom stereocenters. The SMILES string of the molecule is CC(C)(C)OC(=O)N(Cc1cccc(C2CCN(C(=O)c3cncc(N(Cc4ccc(Br)cc4)C(=O)OC(C)(C)C)c3)CC2)c1)C(=O)OC(C)(C)C. The second-order valence-corrected chi connectivity index (χ2v) is 16.9. The number of anilines is 1. The standard InChI is InChI=1S/C40H51BrN4O7/c1-38(2,3)50-35(47)44(25-27-13-15-32(41)16-14-27)33-22-31(23-42-24-33)34(46)43-19-17-29(18-20-43)30-12-10-11-28(21-30)26-45(36(48)51-39(4,5)6)37(49)52-40(7,8)9/h10-16,21-24,29H,17-20,25-26H2,1-9H3. The van der Waals surface area contributed by atoms with Gasteiger partial charge in [-0.2, -0.15) is 0 Å². The summed E-state index contributed by atoms with van der Waals surface area (Å²) in [6.45, 7) is 17.2. The zero-order valence-electron chi connectivity index (χ0n) is 31.7. The van der Waals surface area contributed by atoms with Crippen LogP contribution in [-0.4, -0.2) is 68.9 Å². The number of rotatable bonds is 7. The maximum atomic E-state index is 13.8. The molecule has 0 unspecified atom stereocenters. The summed E-state index contributed by atoms with van der Waals surface area (Å²) < 4.78 is 17.7. The number of pyridine rings is 1. The Balaban J connectivity index is 1.46. The number of carbonyl (C=O) groups excluding carboxylic acids is 4. The van der Waals surface area contributed by atoms with Gasteiger partial charge in [-0.05, 0) is 116 Å². The molecule has 1 aromatic heterocycles. The average Bonchev–Trinajstić information content (AvgIpc) is 3.04. The van der Waals surface area contributed by atoms with Crippen molar-refractivity contribution >= 4 is 45.8 Å². The molecule has 0 spiro atoms. The van der Waals surface area contributed by atoms with E-state index in [4.69, 9.17) is 14.2 Å². The van der Waals surface area contributed by atoms with E-state index in [9.17, 15) is 19.2 Å². The van der Waals surface area contributed by atoms with Crippen LogP contribution in [-0.2, 0) is 27.3 Å². The van der Waals surface area contributed by atoms with Gasteiger partial charge in [-0.3, -0.25) is 14.7 Å². The van der Waals surface area contributed by atoms with Crippen molar-refractivity contribution in [2.75, 3.05) is 18.0 Å². The van der Waals surface area contributed by atoms with Gasteiger partial charge in [0.25, 0.3) is 5.91 Å². The number of nitrogens with zero attached hydrogens (tertiary/aromatic N) is 4. The number of carbonyl (C=O) groups is 4. The molecule has 2 aromatic carbocycles. The number of hydrogen-bond donors (Lipinski definition) is 0. The molecule has 0 bridgehead atoms. The Morgan fingerprint density at radius 1 is 0.731 bits per heavy atom. The Morgan fingerprint density at radius 3 is 1.85 bits per heavy atom. The number of halogens is 1. The molecule has 2 heterocycles. The van der Waals surface area contributed by atoms with Gasteiger partial charge in [0.15, 0.2) is 0 Å². The fourth-order valence-corrected chi connectivity index (χ4v) is 5.87. The number of imide groups is 1. The number of likely N-dealkylation sites (tertiary alicyclic amines) is 1. The summed E-state index contributed by atoms with van der Waals surface area (Å²) in [5.74, 6) is -0.00164. The van der Waals surface area contributed by atoms with Crippen LogP contribution >= 0.6 is 15.9 Å². The smallest absolute Gasteiger partial charge is 0.420 e. The van der Waals surface area contributed by atoms with Gasteiger partial charge in [-0.1, -0.05) is 52.3 Å². The molecule has 4 amide bonds. The Hall–Kier alpha value is -4.45. The van der Waals surface area contributed by atoms with Crippen LogP contribution in [0.25, 0.3) is 0 Å². The Morgan fingerprint density at radius 2 is 1.29 bits per heavy atom. The maximum Gasteiger partial charge on any atom is 0.420 e. The van der Waals surface area contributed by atoms with Gasteiger partial charge in [0, 0.05) is 23.8 Å². The summed E-state index contributed by atoms with van der Waals surface area (Å²) in [5.41, 5.74) is 1.25. The highest BCUT2D eigenvalue weighted by Crippen LogP contribution is 2.31. The highest BCUT2D eigenvalue weighted by Gasteiger charge is 2.32. The van der Waals surface area contributed by atoms with E-state index in [0.29, 0.717) is 24.3 Å². The number of amides is 4. The van der Waals surface area contributed by atoms with Gasteiger partial charge in [0.1, 0.15) is 16.8 Å². The van der Waals surface area contributed by atoms with E-state index >= 15 is 0 Å². The maximum absolute atomic E-state index is 13.8. The van der Waals surface area contributed by atoms with Crippen molar-refractivity contribution in [3.8, 4) is 0 Å². The predicted octanol–water partition coefficient (Wildman–Crippen LogP) is 9.48. The summed E-state index contributed by atoms with van der Waals surface area (Å²) >= 11 is 3.45. The lowest BCUT2D eigenvalue weighted by Crippen LogP contribution is -2.43. The number of piperidine rings is 1. The third kappa shape index (κ3) is 12.1. The minimum Gasteiger partial charge on any atom is -0.443 e. The second-order valence-electron chi connectivity index (χ2n) is 16.0. The lowest BCUT2D eigenvalue weighted by atomic mass is 9.88. The first-order valence-corrected chi connectivity index (χ1v) is 18.3. The van der Waals surface area contributed by atoms with Crippen LogP contribution in [0.2, 0.25) is 0 Å². The van der Waals surface area contributed by atoms with Gasteiger partial charge in [-0.25, -0.2) is 19.3 Å². The normalized spacial score (nSPS) is 14.0. The number of ether oxygens (including phenoxy) is 3. The van der Waals surface area contributed by atoms with Crippen LogP contribution in [0.4, 0.5) is 20.1 Å². The molecule has 1 aliphatic rings. The monoisotopic (exact) mass is 778 g/mol. The molecule has 3 aromatic rings. The van der Waals surface area contributed by atoms with Crippen LogP contribution in [0.1, 0.15) is 108 Å². The van der Waals surface area contributed by atoms with Crippen molar-refractivity contribution in [3.63, 3.8) is 0 Å². The van der Waals surface area contributed by atoms with Gasteiger partial charge in [0.2, 0.25) is 0 Å². The van der Waals surface area contributed by atoms with E-state index in [-0.39, 0.29) is 24.9 Å². The highest BCUT2D eigenvalue weighted by molar-refractivity contribution is 9.10. The predicted molar refractivity (Wildman–Crippen MR) is 203 cm³/mol. The third-order valence-electron chi connectivity index (χ3n) is 7.92. The first-order chi connectivity index (χ1) is 24.2. The van der Waals surface area contributed by atoms with Crippen LogP contribution in [0.3, 0.4) is 0 Å². The largest absolute Gasteiger partial charge is 0.443 e. The Kier molecular flexibility index (Phi) is 12.8. The topological polar surface area (TPSA) is 119 Å². The summed E-state index contributed by atoms with van der Waals surface area (Å²) in [6, 6.07) is 17.1. The molecule has 0 saturated carbocycles. The van der Waals surface area contributed by atoms with Crippen molar-refractivity contribution in [1.29, 1.82) is 0 Å². The molecule has 1 saturated heterocycles. The summed E-state index contributed by atoms with van der Waals surface area (Å²) in [5, 5.41) is 0. The first kappa shape index (κ1) is 40.3. The molecule has 1 fully saturated rings.